The van der Waals surface area contributed by atoms with Crippen LogP contribution in [0, 0.1) is 5.92 Å². The predicted molar refractivity (Wildman–Crippen MR) is 71.4 cm³/mol. The van der Waals surface area contributed by atoms with Gasteiger partial charge in [-0.25, -0.2) is 0 Å². The number of nitrogens with one attached hydrogen (secondary N) is 1. The van der Waals surface area contributed by atoms with Crippen molar-refractivity contribution >= 4 is 0 Å². The third kappa shape index (κ3) is 5.04. The zero-order valence-corrected chi connectivity index (χ0v) is 11.5. The molecule has 0 aromatic heterocycles. The molecule has 0 bridgehead atoms. The molecule has 2 rings (SSSR count). The van der Waals surface area contributed by atoms with Gasteiger partial charge in [-0.05, 0) is 36.5 Å². The fraction of sp³-hybridized carbons (Fsp3) is 0.600. The van der Waals surface area contributed by atoms with Crippen LogP contribution in [0.1, 0.15) is 38.2 Å². The van der Waals surface area contributed by atoms with Crippen molar-refractivity contribution in [2.24, 2.45) is 5.92 Å². The Hall–Kier alpha value is -1.23. The first-order valence-electron chi connectivity index (χ1n) is 7.00. The predicted octanol–water partition coefficient (Wildman–Crippen LogP) is 4.25. The first kappa shape index (κ1) is 15.2. The lowest BCUT2D eigenvalue weighted by atomic mass is 9.87. The summed E-state index contributed by atoms with van der Waals surface area (Å²) in [5, 5.41) is 3.47. The average molecular weight is 287 g/mol. The van der Waals surface area contributed by atoms with Gasteiger partial charge in [0, 0.05) is 12.6 Å². The van der Waals surface area contributed by atoms with Crippen LogP contribution in [0.2, 0.25) is 0 Å². The molecule has 0 aliphatic heterocycles. The molecular formula is C15H20F3NO. The van der Waals surface area contributed by atoms with Crippen LogP contribution in [0.3, 0.4) is 0 Å². The van der Waals surface area contributed by atoms with E-state index in [9.17, 15) is 13.2 Å². The summed E-state index contributed by atoms with van der Waals surface area (Å²) in [4.78, 5) is 0. The van der Waals surface area contributed by atoms with E-state index < -0.39 is 6.36 Å². The first-order chi connectivity index (χ1) is 9.42. The summed E-state index contributed by atoms with van der Waals surface area (Å²) in [6.45, 7) is 2.95. The van der Waals surface area contributed by atoms with E-state index in [1.54, 1.807) is 12.1 Å². The van der Waals surface area contributed by atoms with Crippen molar-refractivity contribution in [3.8, 4) is 5.75 Å². The second-order valence-electron chi connectivity index (χ2n) is 5.54. The maximum atomic E-state index is 12.0. The monoisotopic (exact) mass is 287 g/mol. The maximum Gasteiger partial charge on any atom is 0.573 e. The molecule has 2 unspecified atom stereocenters. The standard InChI is InChI=1S/C15H20F3NO/c1-11-3-2-4-13(9-11)19-10-12-5-7-14(8-6-12)20-15(16,17)18/h5-8,11,13,19H,2-4,9-10H2,1H3. The molecule has 1 N–H and O–H groups in total. The lowest BCUT2D eigenvalue weighted by Crippen LogP contribution is -2.33. The van der Waals surface area contributed by atoms with Crippen molar-refractivity contribution in [1.82, 2.24) is 5.32 Å². The van der Waals surface area contributed by atoms with E-state index in [0.29, 0.717) is 12.6 Å². The number of hydrogen-bond donors (Lipinski definition) is 1. The number of ether oxygens (including phenoxy) is 1. The number of alkyl halides is 3. The van der Waals surface area contributed by atoms with Gasteiger partial charge in [0.2, 0.25) is 0 Å². The molecule has 0 amide bonds. The van der Waals surface area contributed by atoms with Crippen molar-refractivity contribution in [3.05, 3.63) is 29.8 Å². The average Bonchev–Trinajstić information content (AvgIpc) is 2.36. The van der Waals surface area contributed by atoms with Crippen LogP contribution in [-0.4, -0.2) is 12.4 Å². The Morgan fingerprint density at radius 3 is 2.50 bits per heavy atom. The van der Waals surface area contributed by atoms with Crippen LogP contribution in [-0.2, 0) is 6.54 Å². The molecule has 1 aromatic rings. The molecule has 5 heteroatoms. The highest BCUT2D eigenvalue weighted by Gasteiger charge is 2.30. The van der Waals surface area contributed by atoms with Gasteiger partial charge in [0.15, 0.2) is 0 Å². The molecule has 0 spiro atoms. The van der Waals surface area contributed by atoms with Gasteiger partial charge < -0.3 is 10.1 Å². The van der Waals surface area contributed by atoms with E-state index in [2.05, 4.69) is 17.0 Å². The summed E-state index contributed by atoms with van der Waals surface area (Å²) >= 11 is 0. The van der Waals surface area contributed by atoms with Gasteiger partial charge in [-0.15, -0.1) is 13.2 Å². The van der Waals surface area contributed by atoms with Gasteiger partial charge >= 0.3 is 6.36 Å². The third-order valence-electron chi connectivity index (χ3n) is 3.69. The van der Waals surface area contributed by atoms with E-state index in [0.717, 1.165) is 11.5 Å². The second-order valence-corrected chi connectivity index (χ2v) is 5.54. The lowest BCUT2D eigenvalue weighted by Gasteiger charge is -2.27. The van der Waals surface area contributed by atoms with Crippen molar-refractivity contribution < 1.29 is 17.9 Å². The third-order valence-corrected chi connectivity index (χ3v) is 3.69. The van der Waals surface area contributed by atoms with Crippen LogP contribution in [0.25, 0.3) is 0 Å². The quantitative estimate of drug-likeness (QED) is 0.893. The van der Waals surface area contributed by atoms with Crippen molar-refractivity contribution in [2.45, 2.75) is 51.6 Å². The van der Waals surface area contributed by atoms with Gasteiger partial charge in [0.05, 0.1) is 0 Å². The van der Waals surface area contributed by atoms with Crippen LogP contribution in [0.5, 0.6) is 5.75 Å². The highest BCUT2D eigenvalue weighted by atomic mass is 19.4. The number of hydrogen-bond acceptors (Lipinski definition) is 2. The summed E-state index contributed by atoms with van der Waals surface area (Å²) in [5.41, 5.74) is 0.970. The summed E-state index contributed by atoms with van der Waals surface area (Å²) in [6, 6.07) is 6.56. The second kappa shape index (κ2) is 6.48. The normalized spacial score (nSPS) is 23.6. The molecule has 1 aliphatic carbocycles. The zero-order valence-electron chi connectivity index (χ0n) is 11.5. The molecule has 2 atom stereocenters. The van der Waals surface area contributed by atoms with Gasteiger partial charge in [0.1, 0.15) is 5.75 Å². The minimum Gasteiger partial charge on any atom is -0.406 e. The minimum absolute atomic E-state index is 0.174. The van der Waals surface area contributed by atoms with E-state index in [4.69, 9.17) is 0 Å². The Balaban J connectivity index is 1.81. The summed E-state index contributed by atoms with van der Waals surface area (Å²) in [6.07, 6.45) is 0.270. The molecule has 1 aromatic carbocycles. The van der Waals surface area contributed by atoms with Gasteiger partial charge in [-0.2, -0.15) is 0 Å². The lowest BCUT2D eigenvalue weighted by molar-refractivity contribution is -0.274. The van der Waals surface area contributed by atoms with Crippen molar-refractivity contribution in [3.63, 3.8) is 0 Å². The topological polar surface area (TPSA) is 21.3 Å². The molecule has 2 nitrogen and oxygen atoms in total. The Morgan fingerprint density at radius 2 is 1.90 bits per heavy atom. The van der Waals surface area contributed by atoms with Crippen molar-refractivity contribution in [1.29, 1.82) is 0 Å². The number of halogens is 3. The molecule has 112 valence electrons. The molecule has 0 heterocycles. The van der Waals surface area contributed by atoms with Crippen LogP contribution < -0.4 is 10.1 Å². The van der Waals surface area contributed by atoms with Crippen LogP contribution in [0.15, 0.2) is 24.3 Å². The van der Waals surface area contributed by atoms with Crippen molar-refractivity contribution in [2.75, 3.05) is 0 Å². The molecule has 1 fully saturated rings. The largest absolute Gasteiger partial charge is 0.573 e. The van der Waals surface area contributed by atoms with Crippen LogP contribution >= 0.6 is 0 Å². The van der Waals surface area contributed by atoms with Gasteiger partial charge in [-0.1, -0.05) is 31.9 Å². The Labute approximate surface area is 117 Å². The molecule has 0 radical (unpaired) electrons. The molecule has 20 heavy (non-hydrogen) atoms. The Morgan fingerprint density at radius 1 is 1.20 bits per heavy atom. The summed E-state index contributed by atoms with van der Waals surface area (Å²) in [7, 11) is 0. The maximum absolute atomic E-state index is 12.0. The zero-order chi connectivity index (χ0) is 14.6. The summed E-state index contributed by atoms with van der Waals surface area (Å²) in [5.74, 6) is 0.580. The Kier molecular flexibility index (Phi) is 4.91. The molecule has 1 aliphatic rings. The number of rotatable bonds is 4. The van der Waals surface area contributed by atoms with E-state index in [1.165, 1.54) is 37.8 Å². The smallest absolute Gasteiger partial charge is 0.406 e. The molecular weight excluding hydrogens is 267 g/mol. The molecule has 1 saturated carbocycles. The fourth-order valence-corrected chi connectivity index (χ4v) is 2.69. The van der Waals surface area contributed by atoms with E-state index in [1.807, 2.05) is 0 Å². The summed E-state index contributed by atoms with van der Waals surface area (Å²) < 4.78 is 39.9. The minimum atomic E-state index is -4.63. The van der Waals surface area contributed by atoms with Crippen LogP contribution in [0.4, 0.5) is 13.2 Å². The van der Waals surface area contributed by atoms with E-state index in [-0.39, 0.29) is 5.75 Å². The SMILES string of the molecule is CC1CCCC(NCc2ccc(OC(F)(F)F)cc2)C1. The highest BCUT2D eigenvalue weighted by molar-refractivity contribution is 5.27. The first-order valence-corrected chi connectivity index (χ1v) is 7.00. The number of benzene rings is 1. The van der Waals surface area contributed by atoms with E-state index >= 15 is 0 Å². The van der Waals surface area contributed by atoms with Gasteiger partial charge in [-0.3, -0.25) is 0 Å². The highest BCUT2D eigenvalue weighted by Crippen LogP contribution is 2.25. The van der Waals surface area contributed by atoms with Gasteiger partial charge in [0.25, 0.3) is 0 Å². The Bertz CT molecular complexity index is 416. The molecule has 0 saturated heterocycles. The fourth-order valence-electron chi connectivity index (χ4n) is 2.69.